The lowest BCUT2D eigenvalue weighted by molar-refractivity contribution is 0.729. The molecular formula is C14H21N3S. The van der Waals surface area contributed by atoms with Gasteiger partial charge in [0.05, 0.1) is 5.56 Å². The van der Waals surface area contributed by atoms with Crippen LogP contribution in [-0.4, -0.2) is 23.1 Å². The lowest BCUT2D eigenvalue weighted by atomic mass is 10.1. The normalized spacial score (nSPS) is 14.6. The maximum atomic E-state index is 5.87. The molecule has 1 heterocycles. The first-order valence-corrected chi connectivity index (χ1v) is 6.96. The van der Waals surface area contributed by atoms with Crippen molar-refractivity contribution < 1.29 is 0 Å². The fourth-order valence-electron chi connectivity index (χ4n) is 2.33. The lowest BCUT2D eigenvalue weighted by Crippen LogP contribution is -2.30. The average molecular weight is 263 g/mol. The van der Waals surface area contributed by atoms with E-state index >= 15 is 0 Å². The summed E-state index contributed by atoms with van der Waals surface area (Å²) in [5.41, 5.74) is 8.96. The molecule has 18 heavy (non-hydrogen) atoms. The molecule has 2 N–H and O–H groups in total. The van der Waals surface area contributed by atoms with Gasteiger partial charge in [-0.1, -0.05) is 12.2 Å². The fraction of sp³-hybridized carbons (Fsp3) is 0.571. The monoisotopic (exact) mass is 263 g/mol. The van der Waals surface area contributed by atoms with Gasteiger partial charge < -0.3 is 10.6 Å². The summed E-state index contributed by atoms with van der Waals surface area (Å²) in [5.74, 6) is 1.79. The number of rotatable bonds is 5. The molecule has 0 saturated heterocycles. The van der Waals surface area contributed by atoms with Crippen molar-refractivity contribution in [2.75, 3.05) is 18.0 Å². The first-order chi connectivity index (χ1) is 8.52. The van der Waals surface area contributed by atoms with Crippen LogP contribution in [0.5, 0.6) is 0 Å². The van der Waals surface area contributed by atoms with Crippen molar-refractivity contribution >= 4 is 23.0 Å². The van der Waals surface area contributed by atoms with Gasteiger partial charge >= 0.3 is 0 Å². The van der Waals surface area contributed by atoms with E-state index in [1.54, 1.807) is 0 Å². The molecule has 3 nitrogen and oxygen atoms in total. The summed E-state index contributed by atoms with van der Waals surface area (Å²) in [6.07, 6.45) is 2.67. The van der Waals surface area contributed by atoms with Gasteiger partial charge in [0.2, 0.25) is 0 Å². The van der Waals surface area contributed by atoms with Crippen molar-refractivity contribution in [1.82, 2.24) is 4.98 Å². The first kappa shape index (κ1) is 13.3. The second-order valence-electron chi connectivity index (χ2n) is 5.13. The summed E-state index contributed by atoms with van der Waals surface area (Å²) in [6, 6.07) is 2.04. The van der Waals surface area contributed by atoms with Gasteiger partial charge in [0.25, 0.3) is 0 Å². The molecule has 1 aromatic heterocycles. The molecule has 0 atom stereocenters. The molecule has 2 rings (SSSR count). The lowest BCUT2D eigenvalue weighted by Gasteiger charge is -2.25. The van der Waals surface area contributed by atoms with Crippen molar-refractivity contribution in [3.8, 4) is 0 Å². The molecule has 1 aliphatic carbocycles. The number of thiocarbonyl (C=S) groups is 1. The molecule has 0 amide bonds. The van der Waals surface area contributed by atoms with Crippen LogP contribution in [0.4, 0.5) is 5.82 Å². The van der Waals surface area contributed by atoms with Crippen LogP contribution in [0.25, 0.3) is 0 Å². The minimum absolute atomic E-state index is 0.448. The second kappa shape index (κ2) is 5.22. The Hall–Kier alpha value is -1.16. The van der Waals surface area contributed by atoms with E-state index in [2.05, 4.69) is 23.7 Å². The Morgan fingerprint density at radius 1 is 1.50 bits per heavy atom. The zero-order valence-corrected chi connectivity index (χ0v) is 12.2. The highest BCUT2D eigenvalue weighted by molar-refractivity contribution is 7.80. The molecule has 0 aliphatic heterocycles. The van der Waals surface area contributed by atoms with Crippen molar-refractivity contribution in [2.45, 2.75) is 33.6 Å². The molecule has 1 aromatic rings. The molecule has 0 radical (unpaired) electrons. The van der Waals surface area contributed by atoms with Crippen molar-refractivity contribution in [3.05, 3.63) is 22.9 Å². The second-order valence-corrected chi connectivity index (χ2v) is 5.57. The zero-order chi connectivity index (χ0) is 13.3. The van der Waals surface area contributed by atoms with E-state index < -0.39 is 0 Å². The summed E-state index contributed by atoms with van der Waals surface area (Å²) in [6.45, 7) is 8.25. The minimum Gasteiger partial charge on any atom is -0.389 e. The van der Waals surface area contributed by atoms with Crippen LogP contribution in [0.1, 0.15) is 36.6 Å². The zero-order valence-electron chi connectivity index (χ0n) is 11.4. The Kier molecular flexibility index (Phi) is 3.85. The molecular weight excluding hydrogens is 242 g/mol. The number of hydrogen-bond donors (Lipinski definition) is 1. The van der Waals surface area contributed by atoms with E-state index in [-0.39, 0.29) is 0 Å². The van der Waals surface area contributed by atoms with Crippen LogP contribution in [0.15, 0.2) is 6.07 Å². The Labute approximate surface area is 114 Å². The predicted octanol–water partition coefficient (Wildman–Crippen LogP) is 2.57. The summed E-state index contributed by atoms with van der Waals surface area (Å²) in [4.78, 5) is 7.43. The van der Waals surface area contributed by atoms with Crippen molar-refractivity contribution in [2.24, 2.45) is 11.7 Å². The first-order valence-electron chi connectivity index (χ1n) is 6.56. The summed E-state index contributed by atoms with van der Waals surface area (Å²) in [7, 11) is 0. The number of anilines is 1. The highest BCUT2D eigenvalue weighted by Gasteiger charge is 2.26. The maximum absolute atomic E-state index is 5.87. The number of aryl methyl sites for hydroxylation is 2. The van der Waals surface area contributed by atoms with Gasteiger partial charge in [-0.15, -0.1) is 0 Å². The van der Waals surface area contributed by atoms with Gasteiger partial charge in [0.15, 0.2) is 0 Å². The Morgan fingerprint density at radius 3 is 2.67 bits per heavy atom. The molecule has 0 aromatic carbocycles. The molecule has 1 aliphatic rings. The van der Waals surface area contributed by atoms with Crippen molar-refractivity contribution in [1.29, 1.82) is 0 Å². The molecule has 98 valence electrons. The third-order valence-corrected chi connectivity index (χ3v) is 3.63. The van der Waals surface area contributed by atoms with E-state index in [0.29, 0.717) is 4.99 Å². The maximum Gasteiger partial charge on any atom is 0.139 e. The molecule has 0 spiro atoms. The quantitative estimate of drug-likeness (QED) is 0.829. The third kappa shape index (κ3) is 2.80. The predicted molar refractivity (Wildman–Crippen MR) is 80.2 cm³/mol. The summed E-state index contributed by atoms with van der Waals surface area (Å²) in [5, 5.41) is 0. The van der Waals surface area contributed by atoms with Gasteiger partial charge in [-0.25, -0.2) is 4.98 Å². The molecule has 4 heteroatoms. The van der Waals surface area contributed by atoms with Crippen LogP contribution in [0.2, 0.25) is 0 Å². The molecule has 1 fully saturated rings. The Balaban J connectivity index is 2.41. The van der Waals surface area contributed by atoms with Crippen LogP contribution in [0.3, 0.4) is 0 Å². The van der Waals surface area contributed by atoms with Crippen LogP contribution < -0.4 is 10.6 Å². The number of hydrogen-bond acceptors (Lipinski definition) is 3. The van der Waals surface area contributed by atoms with E-state index in [1.165, 1.54) is 12.8 Å². The number of nitrogens with two attached hydrogens (primary N) is 1. The minimum atomic E-state index is 0.448. The van der Waals surface area contributed by atoms with E-state index in [0.717, 1.165) is 41.6 Å². The third-order valence-electron chi connectivity index (χ3n) is 3.43. The Morgan fingerprint density at radius 2 is 2.17 bits per heavy atom. The molecule has 1 saturated carbocycles. The van der Waals surface area contributed by atoms with E-state index in [1.807, 2.05) is 13.0 Å². The van der Waals surface area contributed by atoms with Gasteiger partial charge in [0, 0.05) is 18.8 Å². The van der Waals surface area contributed by atoms with E-state index in [4.69, 9.17) is 18.0 Å². The highest BCUT2D eigenvalue weighted by Crippen LogP contribution is 2.32. The van der Waals surface area contributed by atoms with Gasteiger partial charge in [0.1, 0.15) is 10.8 Å². The number of nitrogens with zero attached hydrogens (tertiary/aromatic N) is 2. The van der Waals surface area contributed by atoms with Crippen molar-refractivity contribution in [3.63, 3.8) is 0 Å². The summed E-state index contributed by atoms with van der Waals surface area (Å²) < 4.78 is 0. The average Bonchev–Trinajstić information content (AvgIpc) is 3.07. The number of pyridine rings is 1. The topological polar surface area (TPSA) is 42.2 Å². The SMILES string of the molecule is CCN(CC1CC1)c1nc(C)cc(C)c1C(N)=S. The highest BCUT2D eigenvalue weighted by atomic mass is 32.1. The Bertz CT molecular complexity index is 466. The van der Waals surface area contributed by atoms with Gasteiger partial charge in [-0.05, 0) is 51.2 Å². The van der Waals surface area contributed by atoms with Gasteiger partial charge in [-0.3, -0.25) is 0 Å². The largest absolute Gasteiger partial charge is 0.389 e. The van der Waals surface area contributed by atoms with E-state index in [9.17, 15) is 0 Å². The summed E-state index contributed by atoms with van der Waals surface area (Å²) >= 11 is 5.19. The van der Waals surface area contributed by atoms with Crippen LogP contribution >= 0.6 is 12.2 Å². The van der Waals surface area contributed by atoms with Crippen LogP contribution in [-0.2, 0) is 0 Å². The standard InChI is InChI=1S/C14H21N3S/c1-4-17(8-11-5-6-11)14-12(13(15)18)9(2)7-10(3)16-14/h7,11H,4-6,8H2,1-3H3,(H2,15,18). The van der Waals surface area contributed by atoms with Gasteiger partial charge in [-0.2, -0.15) is 0 Å². The molecule has 0 bridgehead atoms. The smallest absolute Gasteiger partial charge is 0.139 e. The number of aromatic nitrogens is 1. The fourth-order valence-corrected chi connectivity index (χ4v) is 2.58. The van der Waals surface area contributed by atoms with Crippen LogP contribution in [0, 0.1) is 19.8 Å². The molecule has 0 unspecified atom stereocenters.